The molecular formula is C28H26N4O3S. The molecule has 0 aliphatic rings. The van der Waals surface area contributed by atoms with E-state index in [4.69, 9.17) is 0 Å². The number of anilines is 1. The Hall–Kier alpha value is -4.14. The van der Waals surface area contributed by atoms with Gasteiger partial charge in [-0.15, -0.1) is 0 Å². The van der Waals surface area contributed by atoms with Gasteiger partial charge in [-0.25, -0.2) is 13.1 Å². The molecule has 0 aliphatic carbocycles. The summed E-state index contributed by atoms with van der Waals surface area (Å²) in [5, 5.41) is 11.2. The molecule has 36 heavy (non-hydrogen) atoms. The molecule has 0 aliphatic heterocycles. The number of hydrogen-bond donors (Lipinski definition) is 2. The Kier molecular flexibility index (Phi) is 7.99. The van der Waals surface area contributed by atoms with Crippen LogP contribution in [0.1, 0.15) is 23.6 Å². The molecule has 4 aromatic carbocycles. The normalized spacial score (nSPS) is 12.4. The summed E-state index contributed by atoms with van der Waals surface area (Å²) in [5.41, 5.74) is 3.62. The molecule has 2 N–H and O–H groups in total. The first kappa shape index (κ1) is 25.0. The number of hydrogen-bond acceptors (Lipinski definition) is 5. The molecule has 4 aromatic rings. The van der Waals surface area contributed by atoms with Crippen molar-refractivity contribution in [2.75, 3.05) is 5.32 Å². The van der Waals surface area contributed by atoms with Crippen LogP contribution in [-0.4, -0.2) is 14.3 Å². The first-order valence-electron chi connectivity index (χ1n) is 11.4. The van der Waals surface area contributed by atoms with Gasteiger partial charge < -0.3 is 5.32 Å². The smallest absolute Gasteiger partial charge is 0.241 e. The van der Waals surface area contributed by atoms with Crippen molar-refractivity contribution in [2.45, 2.75) is 24.3 Å². The lowest BCUT2D eigenvalue weighted by Crippen LogP contribution is -2.31. The Labute approximate surface area is 211 Å². The maximum atomic E-state index is 13.0. The molecule has 182 valence electrons. The lowest BCUT2D eigenvalue weighted by molar-refractivity contribution is -0.116. The van der Waals surface area contributed by atoms with Gasteiger partial charge in [0.25, 0.3) is 0 Å². The van der Waals surface area contributed by atoms with E-state index < -0.39 is 16.1 Å². The monoisotopic (exact) mass is 498 g/mol. The number of nitrogens with one attached hydrogen (secondary N) is 2. The van der Waals surface area contributed by atoms with Crippen LogP contribution in [0.3, 0.4) is 0 Å². The maximum absolute atomic E-state index is 13.0. The summed E-state index contributed by atoms with van der Waals surface area (Å²) < 4.78 is 28.7. The summed E-state index contributed by atoms with van der Waals surface area (Å²) in [6.45, 7) is 1.89. The minimum atomic E-state index is -3.83. The van der Waals surface area contributed by atoms with Gasteiger partial charge in [-0.05, 0) is 61.0 Å². The minimum absolute atomic E-state index is 0.0788. The molecule has 8 heteroatoms. The second-order valence-corrected chi connectivity index (χ2v) is 9.95. The van der Waals surface area contributed by atoms with Crippen LogP contribution in [-0.2, 0) is 14.8 Å². The summed E-state index contributed by atoms with van der Waals surface area (Å²) in [6, 6.07) is 31.2. The predicted octanol–water partition coefficient (Wildman–Crippen LogP) is 6.46. The van der Waals surface area contributed by atoms with Crippen LogP contribution in [0, 0.1) is 6.92 Å². The van der Waals surface area contributed by atoms with Gasteiger partial charge in [0.1, 0.15) is 0 Å². The fourth-order valence-corrected chi connectivity index (χ4v) is 4.73. The van der Waals surface area contributed by atoms with Crippen LogP contribution in [0.25, 0.3) is 0 Å². The number of carbonyl (C=O) groups is 1. The van der Waals surface area contributed by atoms with Crippen LogP contribution < -0.4 is 10.0 Å². The van der Waals surface area contributed by atoms with Crippen molar-refractivity contribution in [1.29, 1.82) is 0 Å². The standard InChI is InChI=1S/C28H26N4O3S/c1-21-12-18-26(19-13-21)36(34,35)32-27(22-8-4-2-5-9-22)20-28(33)29-23-14-16-25(17-15-23)31-30-24-10-6-3-7-11-24/h2-19,27,32H,20H2,1H3,(H,29,33)/t27-/m0/s1. The molecule has 7 nitrogen and oxygen atoms in total. The van der Waals surface area contributed by atoms with Gasteiger partial charge in [0.15, 0.2) is 0 Å². The third-order valence-electron chi connectivity index (χ3n) is 5.41. The van der Waals surface area contributed by atoms with E-state index >= 15 is 0 Å². The molecule has 0 unspecified atom stereocenters. The highest BCUT2D eigenvalue weighted by molar-refractivity contribution is 7.89. The predicted molar refractivity (Wildman–Crippen MR) is 141 cm³/mol. The lowest BCUT2D eigenvalue weighted by atomic mass is 10.0. The van der Waals surface area contributed by atoms with Crippen molar-refractivity contribution in [3.05, 3.63) is 120 Å². The molecule has 0 radical (unpaired) electrons. The molecular weight excluding hydrogens is 472 g/mol. The largest absolute Gasteiger partial charge is 0.326 e. The van der Waals surface area contributed by atoms with Gasteiger partial charge in [0.2, 0.25) is 15.9 Å². The van der Waals surface area contributed by atoms with Crippen molar-refractivity contribution in [2.24, 2.45) is 10.2 Å². The molecule has 1 amide bonds. The molecule has 0 bridgehead atoms. The summed E-state index contributed by atoms with van der Waals surface area (Å²) in [5.74, 6) is -0.325. The number of benzene rings is 4. The summed E-state index contributed by atoms with van der Waals surface area (Å²) >= 11 is 0. The SMILES string of the molecule is Cc1ccc(S(=O)(=O)N[C@@H](CC(=O)Nc2ccc(N=Nc3ccccc3)cc2)c2ccccc2)cc1. The Morgan fingerprint density at radius 1 is 0.750 bits per heavy atom. The van der Waals surface area contributed by atoms with Gasteiger partial charge in [-0.3, -0.25) is 4.79 Å². The quantitative estimate of drug-likeness (QED) is 0.259. The van der Waals surface area contributed by atoms with Gasteiger partial charge in [-0.1, -0.05) is 66.2 Å². The number of nitrogens with zero attached hydrogens (tertiary/aromatic N) is 2. The molecule has 0 aromatic heterocycles. The van der Waals surface area contributed by atoms with E-state index in [0.29, 0.717) is 16.9 Å². The van der Waals surface area contributed by atoms with Gasteiger partial charge in [0.05, 0.1) is 22.3 Å². The third-order valence-corrected chi connectivity index (χ3v) is 6.90. The number of sulfonamides is 1. The Balaban J connectivity index is 1.44. The van der Waals surface area contributed by atoms with E-state index in [-0.39, 0.29) is 17.2 Å². The highest BCUT2D eigenvalue weighted by Crippen LogP contribution is 2.23. The molecule has 0 spiro atoms. The second-order valence-electron chi connectivity index (χ2n) is 8.23. The van der Waals surface area contributed by atoms with E-state index in [1.807, 2.05) is 55.5 Å². The Morgan fingerprint density at radius 3 is 1.92 bits per heavy atom. The van der Waals surface area contributed by atoms with E-state index in [9.17, 15) is 13.2 Å². The fraction of sp³-hybridized carbons (Fsp3) is 0.107. The van der Waals surface area contributed by atoms with Crippen molar-refractivity contribution in [3.63, 3.8) is 0 Å². The zero-order chi connectivity index (χ0) is 25.4. The second kappa shape index (κ2) is 11.5. The third kappa shape index (κ3) is 6.94. The van der Waals surface area contributed by atoms with E-state index in [1.54, 1.807) is 60.7 Å². The van der Waals surface area contributed by atoms with Crippen LogP contribution in [0.15, 0.2) is 124 Å². The zero-order valence-electron chi connectivity index (χ0n) is 19.7. The highest BCUT2D eigenvalue weighted by Gasteiger charge is 2.23. The highest BCUT2D eigenvalue weighted by atomic mass is 32.2. The maximum Gasteiger partial charge on any atom is 0.241 e. The topological polar surface area (TPSA) is 100.0 Å². The first-order valence-corrected chi connectivity index (χ1v) is 12.9. The number of rotatable bonds is 9. The fourth-order valence-electron chi connectivity index (χ4n) is 3.50. The van der Waals surface area contributed by atoms with Crippen LogP contribution >= 0.6 is 0 Å². The Morgan fingerprint density at radius 2 is 1.31 bits per heavy atom. The van der Waals surface area contributed by atoms with Crippen LogP contribution in [0.5, 0.6) is 0 Å². The van der Waals surface area contributed by atoms with Crippen molar-refractivity contribution in [3.8, 4) is 0 Å². The molecule has 0 saturated heterocycles. The first-order chi connectivity index (χ1) is 17.4. The van der Waals surface area contributed by atoms with Crippen molar-refractivity contribution in [1.82, 2.24) is 4.72 Å². The number of amides is 1. The Bertz CT molecular complexity index is 1420. The van der Waals surface area contributed by atoms with E-state index in [0.717, 1.165) is 11.3 Å². The zero-order valence-corrected chi connectivity index (χ0v) is 20.5. The number of aryl methyl sites for hydroxylation is 1. The van der Waals surface area contributed by atoms with Gasteiger partial charge in [-0.2, -0.15) is 10.2 Å². The molecule has 4 rings (SSSR count). The molecule has 0 heterocycles. The van der Waals surface area contributed by atoms with Crippen LogP contribution in [0.4, 0.5) is 17.1 Å². The lowest BCUT2D eigenvalue weighted by Gasteiger charge is -2.19. The van der Waals surface area contributed by atoms with Gasteiger partial charge >= 0.3 is 0 Å². The summed E-state index contributed by atoms with van der Waals surface area (Å²) in [6.07, 6.45) is -0.0788. The number of carbonyl (C=O) groups excluding carboxylic acids is 1. The molecule has 0 fully saturated rings. The van der Waals surface area contributed by atoms with Crippen LogP contribution in [0.2, 0.25) is 0 Å². The minimum Gasteiger partial charge on any atom is -0.326 e. The summed E-state index contributed by atoms with van der Waals surface area (Å²) in [7, 11) is -3.83. The number of azo groups is 1. The van der Waals surface area contributed by atoms with E-state index in [2.05, 4.69) is 20.3 Å². The van der Waals surface area contributed by atoms with Crippen molar-refractivity contribution < 1.29 is 13.2 Å². The average molecular weight is 499 g/mol. The summed E-state index contributed by atoms with van der Waals surface area (Å²) in [4.78, 5) is 13.0. The van der Waals surface area contributed by atoms with Gasteiger partial charge in [0, 0.05) is 12.1 Å². The molecule has 1 atom stereocenters. The molecule has 0 saturated carbocycles. The van der Waals surface area contributed by atoms with Crippen molar-refractivity contribution >= 4 is 33.0 Å². The van der Waals surface area contributed by atoms with E-state index in [1.165, 1.54) is 0 Å². The average Bonchev–Trinajstić information content (AvgIpc) is 2.89.